The van der Waals surface area contributed by atoms with Crippen molar-refractivity contribution in [3.8, 4) is 0 Å². The molecule has 3 heteroatoms. The van der Waals surface area contributed by atoms with Gasteiger partial charge in [-0.05, 0) is 13.3 Å². The van der Waals surface area contributed by atoms with Gasteiger partial charge < -0.3 is 9.47 Å². The first kappa shape index (κ1) is 12.0. The van der Waals surface area contributed by atoms with E-state index in [2.05, 4.69) is 6.92 Å². The zero-order valence-corrected chi connectivity index (χ0v) is 9.41. The van der Waals surface area contributed by atoms with Crippen LogP contribution in [0, 0.1) is 0 Å². The molecule has 0 fully saturated rings. The molecule has 0 saturated heterocycles. The SMILES string of the molecule is CCOCCOC(=O)C1=CC=C(CC)C1. The molecule has 0 aliphatic heterocycles. The van der Waals surface area contributed by atoms with Crippen molar-refractivity contribution < 1.29 is 14.3 Å². The maximum Gasteiger partial charge on any atom is 0.334 e. The molecule has 15 heavy (non-hydrogen) atoms. The molecule has 84 valence electrons. The number of hydrogen-bond acceptors (Lipinski definition) is 3. The van der Waals surface area contributed by atoms with Gasteiger partial charge in [-0.25, -0.2) is 4.79 Å². The molecular weight excluding hydrogens is 192 g/mol. The zero-order chi connectivity index (χ0) is 11.1. The fourth-order valence-corrected chi connectivity index (χ4v) is 1.39. The van der Waals surface area contributed by atoms with Crippen molar-refractivity contribution in [3.63, 3.8) is 0 Å². The standard InChI is InChI=1S/C12H18O3/c1-3-10-5-6-11(9-10)12(13)15-8-7-14-4-2/h5-6H,3-4,7-9H2,1-2H3. The van der Waals surface area contributed by atoms with Gasteiger partial charge >= 0.3 is 5.97 Å². The smallest absolute Gasteiger partial charge is 0.334 e. The number of esters is 1. The Kier molecular flexibility index (Phi) is 5.12. The molecule has 0 aromatic heterocycles. The van der Waals surface area contributed by atoms with E-state index in [1.54, 1.807) is 0 Å². The van der Waals surface area contributed by atoms with Crippen LogP contribution in [0.15, 0.2) is 23.3 Å². The molecule has 0 atom stereocenters. The van der Waals surface area contributed by atoms with Crippen molar-refractivity contribution in [1.82, 2.24) is 0 Å². The second-order valence-electron chi connectivity index (χ2n) is 3.38. The highest BCUT2D eigenvalue weighted by molar-refractivity contribution is 5.90. The summed E-state index contributed by atoms with van der Waals surface area (Å²) in [6.45, 7) is 5.47. The molecule has 0 heterocycles. The number of carbonyl (C=O) groups excluding carboxylic acids is 1. The van der Waals surface area contributed by atoms with Crippen LogP contribution in [0.4, 0.5) is 0 Å². The predicted octanol–water partition coefficient (Wildman–Crippen LogP) is 2.23. The Labute approximate surface area is 90.8 Å². The molecule has 0 saturated carbocycles. The molecule has 0 bridgehead atoms. The van der Waals surface area contributed by atoms with E-state index in [1.807, 2.05) is 19.1 Å². The van der Waals surface area contributed by atoms with Gasteiger partial charge in [-0.1, -0.05) is 24.6 Å². The molecule has 3 nitrogen and oxygen atoms in total. The summed E-state index contributed by atoms with van der Waals surface area (Å²) < 4.78 is 10.1. The zero-order valence-electron chi connectivity index (χ0n) is 9.41. The second-order valence-corrected chi connectivity index (χ2v) is 3.38. The highest BCUT2D eigenvalue weighted by atomic mass is 16.6. The summed E-state index contributed by atoms with van der Waals surface area (Å²) in [7, 11) is 0. The Morgan fingerprint density at radius 1 is 1.33 bits per heavy atom. The van der Waals surface area contributed by atoms with Crippen molar-refractivity contribution in [2.24, 2.45) is 0 Å². The predicted molar refractivity (Wildman–Crippen MR) is 58.5 cm³/mol. The highest BCUT2D eigenvalue weighted by Gasteiger charge is 2.15. The number of hydrogen-bond donors (Lipinski definition) is 0. The number of ether oxygens (including phenoxy) is 2. The molecule has 0 N–H and O–H groups in total. The van der Waals surface area contributed by atoms with Crippen molar-refractivity contribution in [1.29, 1.82) is 0 Å². The average molecular weight is 210 g/mol. The fraction of sp³-hybridized carbons (Fsp3) is 0.583. The molecule has 0 aromatic carbocycles. The maximum absolute atomic E-state index is 11.5. The van der Waals surface area contributed by atoms with E-state index in [1.165, 1.54) is 5.57 Å². The summed E-state index contributed by atoms with van der Waals surface area (Å²) >= 11 is 0. The first-order valence-corrected chi connectivity index (χ1v) is 5.41. The third kappa shape index (κ3) is 3.88. The Balaban J connectivity index is 2.20. The van der Waals surface area contributed by atoms with Crippen molar-refractivity contribution >= 4 is 5.97 Å². The van der Waals surface area contributed by atoms with E-state index >= 15 is 0 Å². The molecule has 1 aliphatic carbocycles. The highest BCUT2D eigenvalue weighted by Crippen LogP contribution is 2.21. The van der Waals surface area contributed by atoms with Crippen LogP contribution >= 0.6 is 0 Å². The van der Waals surface area contributed by atoms with E-state index < -0.39 is 0 Å². The molecule has 0 aromatic rings. The lowest BCUT2D eigenvalue weighted by atomic mass is 10.1. The summed E-state index contributed by atoms with van der Waals surface area (Å²) in [6, 6.07) is 0. The third-order valence-electron chi connectivity index (χ3n) is 2.32. The first-order valence-electron chi connectivity index (χ1n) is 5.41. The van der Waals surface area contributed by atoms with Crippen LogP contribution in [0.25, 0.3) is 0 Å². The summed E-state index contributed by atoms with van der Waals surface area (Å²) in [5.74, 6) is -0.214. The summed E-state index contributed by atoms with van der Waals surface area (Å²) in [4.78, 5) is 11.5. The van der Waals surface area contributed by atoms with Crippen molar-refractivity contribution in [2.45, 2.75) is 26.7 Å². The van der Waals surface area contributed by atoms with Crippen LogP contribution in [0.2, 0.25) is 0 Å². The van der Waals surface area contributed by atoms with E-state index in [0.717, 1.165) is 18.4 Å². The minimum atomic E-state index is -0.214. The molecule has 0 amide bonds. The minimum absolute atomic E-state index is 0.214. The Hall–Kier alpha value is -1.09. The van der Waals surface area contributed by atoms with E-state index in [0.29, 0.717) is 19.8 Å². The quantitative estimate of drug-likeness (QED) is 0.498. The Morgan fingerprint density at radius 3 is 2.73 bits per heavy atom. The van der Waals surface area contributed by atoms with Crippen molar-refractivity contribution in [2.75, 3.05) is 19.8 Å². The van der Waals surface area contributed by atoms with Crippen LogP contribution in [-0.4, -0.2) is 25.8 Å². The summed E-state index contributed by atoms with van der Waals surface area (Å²) in [6.07, 6.45) is 5.58. The van der Waals surface area contributed by atoms with Gasteiger partial charge in [0.15, 0.2) is 0 Å². The average Bonchev–Trinajstić information content (AvgIpc) is 2.72. The molecule has 0 unspecified atom stereocenters. The topological polar surface area (TPSA) is 35.5 Å². The van der Waals surface area contributed by atoms with Crippen molar-refractivity contribution in [3.05, 3.63) is 23.3 Å². The molecule has 0 radical (unpaired) electrons. The first-order chi connectivity index (χ1) is 7.27. The number of rotatable bonds is 6. The van der Waals surface area contributed by atoms with Crippen LogP contribution in [0.5, 0.6) is 0 Å². The number of allylic oxidation sites excluding steroid dienone is 3. The van der Waals surface area contributed by atoms with Crippen LogP contribution < -0.4 is 0 Å². The summed E-state index contributed by atoms with van der Waals surface area (Å²) in [5.41, 5.74) is 2.04. The molecule has 1 rings (SSSR count). The van der Waals surface area contributed by atoms with Gasteiger partial charge in [0.1, 0.15) is 6.61 Å². The summed E-state index contributed by atoms with van der Waals surface area (Å²) in [5, 5.41) is 0. The molecular formula is C12H18O3. The lowest BCUT2D eigenvalue weighted by Crippen LogP contribution is -2.12. The van der Waals surface area contributed by atoms with Gasteiger partial charge in [-0.3, -0.25) is 0 Å². The minimum Gasteiger partial charge on any atom is -0.460 e. The fourth-order valence-electron chi connectivity index (χ4n) is 1.39. The third-order valence-corrected chi connectivity index (χ3v) is 2.32. The number of carbonyl (C=O) groups is 1. The lowest BCUT2D eigenvalue weighted by molar-refractivity contribution is -0.140. The monoisotopic (exact) mass is 210 g/mol. The normalized spacial score (nSPS) is 14.8. The second kappa shape index (κ2) is 6.40. The van der Waals surface area contributed by atoms with E-state index in [4.69, 9.17) is 9.47 Å². The lowest BCUT2D eigenvalue weighted by Gasteiger charge is -2.05. The van der Waals surface area contributed by atoms with Crippen LogP contribution in [0.1, 0.15) is 26.7 Å². The molecule has 1 aliphatic rings. The van der Waals surface area contributed by atoms with Gasteiger partial charge in [0.2, 0.25) is 0 Å². The van der Waals surface area contributed by atoms with E-state index in [-0.39, 0.29) is 5.97 Å². The van der Waals surface area contributed by atoms with Crippen LogP contribution in [0.3, 0.4) is 0 Å². The largest absolute Gasteiger partial charge is 0.460 e. The Morgan fingerprint density at radius 2 is 2.13 bits per heavy atom. The van der Waals surface area contributed by atoms with Gasteiger partial charge in [0.05, 0.1) is 6.61 Å². The van der Waals surface area contributed by atoms with Crippen LogP contribution in [-0.2, 0) is 14.3 Å². The van der Waals surface area contributed by atoms with Gasteiger partial charge in [-0.2, -0.15) is 0 Å². The maximum atomic E-state index is 11.5. The van der Waals surface area contributed by atoms with Gasteiger partial charge in [-0.15, -0.1) is 0 Å². The Bertz CT molecular complexity index is 277. The molecule has 0 spiro atoms. The van der Waals surface area contributed by atoms with E-state index in [9.17, 15) is 4.79 Å². The van der Waals surface area contributed by atoms with Gasteiger partial charge in [0.25, 0.3) is 0 Å². The van der Waals surface area contributed by atoms with Gasteiger partial charge in [0, 0.05) is 18.6 Å².